The lowest BCUT2D eigenvalue weighted by molar-refractivity contribution is 0.319. The van der Waals surface area contributed by atoms with Gasteiger partial charge in [0.15, 0.2) is 0 Å². The lowest BCUT2D eigenvalue weighted by Gasteiger charge is -2.07. The molecule has 0 radical (unpaired) electrons. The van der Waals surface area contributed by atoms with E-state index in [1.54, 1.807) is 6.07 Å². The third-order valence-electron chi connectivity index (χ3n) is 4.32. The zero-order valence-electron chi connectivity index (χ0n) is 12.4. The van der Waals surface area contributed by atoms with Gasteiger partial charge in [0.2, 0.25) is 0 Å². The summed E-state index contributed by atoms with van der Waals surface area (Å²) in [5.41, 5.74) is 5.28. The standard InChI is InChI=1S/C18H11FN4O/c19-10-6-7-13-14(9-10)21-18(20-13)12-4-1-3-11-16(22-24)15-5-2-8-23(15)17(11)12/h1-9,24H,(H,20,21). The van der Waals surface area contributed by atoms with Gasteiger partial charge in [-0.2, -0.15) is 0 Å². The van der Waals surface area contributed by atoms with Crippen molar-refractivity contribution in [2.75, 3.05) is 0 Å². The van der Waals surface area contributed by atoms with Gasteiger partial charge in [0.1, 0.15) is 17.4 Å². The van der Waals surface area contributed by atoms with Gasteiger partial charge in [-0.25, -0.2) is 9.37 Å². The summed E-state index contributed by atoms with van der Waals surface area (Å²) in [6, 6.07) is 14.0. The minimum absolute atomic E-state index is 0.307. The van der Waals surface area contributed by atoms with Crippen molar-refractivity contribution in [2.45, 2.75) is 0 Å². The molecule has 4 aromatic rings. The van der Waals surface area contributed by atoms with Crippen molar-refractivity contribution in [3.63, 3.8) is 0 Å². The van der Waals surface area contributed by atoms with Crippen LogP contribution in [0.2, 0.25) is 0 Å². The molecule has 0 unspecified atom stereocenters. The molecule has 0 fully saturated rings. The fourth-order valence-corrected chi connectivity index (χ4v) is 3.31. The molecule has 0 aliphatic carbocycles. The molecule has 2 aromatic heterocycles. The summed E-state index contributed by atoms with van der Waals surface area (Å²) >= 11 is 0. The van der Waals surface area contributed by atoms with Crippen LogP contribution in [0.1, 0.15) is 11.3 Å². The zero-order chi connectivity index (χ0) is 16.3. The smallest absolute Gasteiger partial charge is 0.140 e. The molecule has 3 heterocycles. The van der Waals surface area contributed by atoms with E-state index in [1.165, 1.54) is 12.1 Å². The average Bonchev–Trinajstić information content (AvgIpc) is 3.27. The molecule has 24 heavy (non-hydrogen) atoms. The molecular formula is C18H11FN4O. The highest BCUT2D eigenvalue weighted by molar-refractivity contribution is 6.18. The Balaban J connectivity index is 1.81. The molecule has 0 bridgehead atoms. The van der Waals surface area contributed by atoms with Gasteiger partial charge in [0.05, 0.1) is 22.4 Å². The van der Waals surface area contributed by atoms with Crippen molar-refractivity contribution in [3.8, 4) is 17.1 Å². The summed E-state index contributed by atoms with van der Waals surface area (Å²) < 4.78 is 15.4. The van der Waals surface area contributed by atoms with Crippen LogP contribution in [-0.4, -0.2) is 25.5 Å². The van der Waals surface area contributed by atoms with Gasteiger partial charge in [-0.05, 0) is 36.4 Å². The van der Waals surface area contributed by atoms with E-state index in [0.717, 1.165) is 22.5 Å². The van der Waals surface area contributed by atoms with Crippen LogP contribution in [-0.2, 0) is 0 Å². The second kappa shape index (κ2) is 4.55. The highest BCUT2D eigenvalue weighted by Crippen LogP contribution is 2.36. The molecule has 1 aliphatic heterocycles. The third kappa shape index (κ3) is 1.62. The SMILES string of the molecule is ON=C1c2cccc(-c3nc4ccc(F)cc4[nH]3)c2-n2cccc21. The quantitative estimate of drug-likeness (QED) is 0.365. The van der Waals surface area contributed by atoms with Gasteiger partial charge in [-0.3, -0.25) is 0 Å². The predicted molar refractivity (Wildman–Crippen MR) is 88.2 cm³/mol. The number of benzene rings is 2. The van der Waals surface area contributed by atoms with Crippen LogP contribution in [0.5, 0.6) is 0 Å². The van der Waals surface area contributed by atoms with Crippen molar-refractivity contribution in [1.29, 1.82) is 0 Å². The van der Waals surface area contributed by atoms with Crippen molar-refractivity contribution >= 4 is 16.7 Å². The zero-order valence-corrected chi connectivity index (χ0v) is 12.4. The number of rotatable bonds is 1. The Labute approximate surface area is 135 Å². The van der Waals surface area contributed by atoms with Crippen LogP contribution in [0.25, 0.3) is 28.1 Å². The molecular weight excluding hydrogens is 307 g/mol. The molecule has 6 heteroatoms. The maximum atomic E-state index is 13.4. The highest BCUT2D eigenvalue weighted by Gasteiger charge is 2.28. The number of para-hydroxylation sites is 1. The lowest BCUT2D eigenvalue weighted by atomic mass is 10.0. The largest absolute Gasteiger partial charge is 0.410 e. The molecule has 5 nitrogen and oxygen atoms in total. The summed E-state index contributed by atoms with van der Waals surface area (Å²) in [7, 11) is 0. The van der Waals surface area contributed by atoms with Crippen LogP contribution in [0.4, 0.5) is 4.39 Å². The third-order valence-corrected chi connectivity index (χ3v) is 4.32. The maximum Gasteiger partial charge on any atom is 0.140 e. The molecule has 0 spiro atoms. The van der Waals surface area contributed by atoms with Crippen LogP contribution in [0, 0.1) is 5.82 Å². The van der Waals surface area contributed by atoms with Crippen LogP contribution in [0.15, 0.2) is 59.9 Å². The molecule has 1 aliphatic rings. The Morgan fingerprint density at radius 2 is 1.96 bits per heavy atom. The molecule has 0 amide bonds. The number of aromatic amines is 1. The summed E-state index contributed by atoms with van der Waals surface area (Å²) in [5, 5.41) is 12.8. The van der Waals surface area contributed by atoms with E-state index in [4.69, 9.17) is 0 Å². The van der Waals surface area contributed by atoms with Crippen molar-refractivity contribution in [3.05, 3.63) is 71.8 Å². The Bertz CT molecular complexity index is 1140. The normalized spacial score (nSPS) is 14.3. The first-order valence-corrected chi connectivity index (χ1v) is 7.45. The van der Waals surface area contributed by atoms with Crippen molar-refractivity contribution in [1.82, 2.24) is 14.5 Å². The van der Waals surface area contributed by atoms with Gasteiger partial charge in [-0.1, -0.05) is 17.3 Å². The Hall–Kier alpha value is -3.41. The maximum absolute atomic E-state index is 13.4. The number of hydrogen-bond acceptors (Lipinski definition) is 3. The number of hydrogen-bond donors (Lipinski definition) is 2. The van der Waals surface area contributed by atoms with E-state index in [9.17, 15) is 9.60 Å². The Kier molecular flexibility index (Phi) is 2.48. The van der Waals surface area contributed by atoms with E-state index < -0.39 is 0 Å². The number of nitrogens with one attached hydrogen (secondary N) is 1. The number of oxime groups is 1. The van der Waals surface area contributed by atoms with E-state index in [1.807, 2.05) is 41.1 Å². The van der Waals surface area contributed by atoms with Crippen LogP contribution >= 0.6 is 0 Å². The van der Waals surface area contributed by atoms with E-state index in [2.05, 4.69) is 15.1 Å². The van der Waals surface area contributed by atoms with Crippen LogP contribution < -0.4 is 0 Å². The fourth-order valence-electron chi connectivity index (χ4n) is 3.31. The lowest BCUT2D eigenvalue weighted by Crippen LogP contribution is -1.97. The number of H-pyrrole nitrogens is 1. The fraction of sp³-hybridized carbons (Fsp3) is 0. The average molecular weight is 318 g/mol. The van der Waals surface area contributed by atoms with E-state index in [-0.39, 0.29) is 5.82 Å². The summed E-state index contributed by atoms with van der Waals surface area (Å²) in [6.45, 7) is 0. The summed E-state index contributed by atoms with van der Waals surface area (Å²) in [6.07, 6.45) is 1.91. The minimum atomic E-state index is -0.307. The highest BCUT2D eigenvalue weighted by atomic mass is 19.1. The van der Waals surface area contributed by atoms with Gasteiger partial charge >= 0.3 is 0 Å². The molecule has 0 saturated carbocycles. The number of halogens is 1. The second-order valence-corrected chi connectivity index (χ2v) is 5.66. The van der Waals surface area contributed by atoms with Crippen molar-refractivity contribution < 1.29 is 9.60 Å². The second-order valence-electron chi connectivity index (χ2n) is 5.66. The van der Waals surface area contributed by atoms with E-state index in [0.29, 0.717) is 22.6 Å². The monoisotopic (exact) mass is 318 g/mol. The first-order chi connectivity index (χ1) is 11.8. The predicted octanol–water partition coefficient (Wildman–Crippen LogP) is 3.70. The van der Waals surface area contributed by atoms with Gasteiger partial charge in [-0.15, -0.1) is 0 Å². The molecule has 2 aromatic carbocycles. The first-order valence-electron chi connectivity index (χ1n) is 7.45. The topological polar surface area (TPSA) is 66.2 Å². The minimum Gasteiger partial charge on any atom is -0.410 e. The van der Waals surface area contributed by atoms with Crippen molar-refractivity contribution in [2.24, 2.45) is 5.16 Å². The Morgan fingerprint density at radius 1 is 1.08 bits per heavy atom. The number of imidazole rings is 1. The summed E-state index contributed by atoms with van der Waals surface area (Å²) in [4.78, 5) is 7.74. The number of nitrogens with zero attached hydrogens (tertiary/aromatic N) is 3. The van der Waals surface area contributed by atoms with E-state index >= 15 is 0 Å². The van der Waals surface area contributed by atoms with Gasteiger partial charge in [0.25, 0.3) is 0 Å². The Morgan fingerprint density at radius 3 is 2.83 bits per heavy atom. The molecule has 0 saturated heterocycles. The van der Waals surface area contributed by atoms with Gasteiger partial charge < -0.3 is 14.8 Å². The van der Waals surface area contributed by atoms with Crippen LogP contribution in [0.3, 0.4) is 0 Å². The molecule has 2 N–H and O–H groups in total. The number of fused-ring (bicyclic) bond motifs is 4. The molecule has 116 valence electrons. The number of aromatic nitrogens is 3. The first kappa shape index (κ1) is 13.1. The molecule has 0 atom stereocenters. The molecule has 5 rings (SSSR count). The van der Waals surface area contributed by atoms with Gasteiger partial charge in [0, 0.05) is 17.3 Å². The summed E-state index contributed by atoms with van der Waals surface area (Å²) in [5.74, 6) is 0.338.